The topological polar surface area (TPSA) is 55.4 Å². The summed E-state index contributed by atoms with van der Waals surface area (Å²) in [6.07, 6.45) is -4.12. The van der Waals surface area contributed by atoms with Crippen LogP contribution in [0.1, 0.15) is 11.1 Å². The number of anilines is 1. The fourth-order valence-electron chi connectivity index (χ4n) is 2.56. The highest BCUT2D eigenvalue weighted by atomic mass is 32.2. The van der Waals surface area contributed by atoms with Crippen molar-refractivity contribution in [2.75, 3.05) is 4.72 Å². The molecule has 1 N–H and O–H groups in total. The number of nitrogens with one attached hydrogen (secondary N) is 1. The van der Waals surface area contributed by atoms with Gasteiger partial charge in [-0.15, -0.1) is 13.2 Å². The SMILES string of the molecule is O=S(=O)(Nc1ccc(Cc2ccccc2)cc1)c1ccc(OC(F)(F)F)cc1. The van der Waals surface area contributed by atoms with Crippen LogP contribution in [0.3, 0.4) is 0 Å². The first-order chi connectivity index (χ1) is 13.2. The normalized spacial score (nSPS) is 11.8. The highest BCUT2D eigenvalue weighted by molar-refractivity contribution is 7.92. The molecule has 0 unspecified atom stereocenters. The van der Waals surface area contributed by atoms with Crippen LogP contribution in [0.25, 0.3) is 0 Å². The van der Waals surface area contributed by atoms with Crippen molar-refractivity contribution in [1.82, 2.24) is 0 Å². The van der Waals surface area contributed by atoms with E-state index in [9.17, 15) is 21.6 Å². The standard InChI is InChI=1S/C20H16F3NO3S/c21-20(22,23)27-18-10-12-19(13-11-18)28(25,26)24-17-8-6-16(7-9-17)14-15-4-2-1-3-5-15/h1-13,24H,14H2. The average Bonchev–Trinajstić information content (AvgIpc) is 2.63. The van der Waals surface area contributed by atoms with Crippen molar-refractivity contribution in [2.24, 2.45) is 0 Å². The molecule has 0 radical (unpaired) electrons. The molecule has 28 heavy (non-hydrogen) atoms. The van der Waals surface area contributed by atoms with Crippen LogP contribution >= 0.6 is 0 Å². The Labute approximate surface area is 160 Å². The molecule has 0 amide bonds. The van der Waals surface area contributed by atoms with Gasteiger partial charge in [-0.2, -0.15) is 0 Å². The molecule has 0 bridgehead atoms. The molecular formula is C20H16F3NO3S. The second-order valence-corrected chi connectivity index (χ2v) is 7.67. The molecule has 3 aromatic rings. The van der Waals surface area contributed by atoms with E-state index >= 15 is 0 Å². The highest BCUT2D eigenvalue weighted by Gasteiger charge is 2.31. The molecule has 3 rings (SSSR count). The largest absolute Gasteiger partial charge is 0.573 e. The van der Waals surface area contributed by atoms with Crippen LogP contribution < -0.4 is 9.46 Å². The van der Waals surface area contributed by atoms with Gasteiger partial charge >= 0.3 is 6.36 Å². The van der Waals surface area contributed by atoms with E-state index in [-0.39, 0.29) is 4.90 Å². The van der Waals surface area contributed by atoms with E-state index < -0.39 is 22.1 Å². The minimum absolute atomic E-state index is 0.171. The first-order valence-corrected chi connectivity index (χ1v) is 9.71. The zero-order valence-electron chi connectivity index (χ0n) is 14.5. The van der Waals surface area contributed by atoms with Gasteiger partial charge in [0.15, 0.2) is 0 Å². The lowest BCUT2D eigenvalue weighted by Crippen LogP contribution is -2.17. The van der Waals surface area contributed by atoms with Crippen LogP contribution in [0.2, 0.25) is 0 Å². The average molecular weight is 407 g/mol. The Morgan fingerprint density at radius 1 is 0.786 bits per heavy atom. The summed E-state index contributed by atoms with van der Waals surface area (Å²) in [4.78, 5) is -0.171. The van der Waals surface area contributed by atoms with Crippen molar-refractivity contribution >= 4 is 15.7 Å². The molecule has 0 heterocycles. The molecule has 0 aromatic heterocycles. The lowest BCUT2D eigenvalue weighted by molar-refractivity contribution is -0.274. The van der Waals surface area contributed by atoms with Crippen LogP contribution in [0.15, 0.2) is 83.8 Å². The van der Waals surface area contributed by atoms with Crippen molar-refractivity contribution in [1.29, 1.82) is 0 Å². The number of hydrogen-bond donors (Lipinski definition) is 1. The van der Waals surface area contributed by atoms with Gasteiger partial charge in [0.05, 0.1) is 4.90 Å². The number of sulfonamides is 1. The zero-order chi connectivity index (χ0) is 20.2. The van der Waals surface area contributed by atoms with Gasteiger partial charge in [0.1, 0.15) is 5.75 Å². The zero-order valence-corrected chi connectivity index (χ0v) is 15.3. The van der Waals surface area contributed by atoms with E-state index in [0.717, 1.165) is 35.4 Å². The fraction of sp³-hybridized carbons (Fsp3) is 0.100. The Balaban J connectivity index is 1.68. The molecule has 0 saturated heterocycles. The Bertz CT molecular complexity index is 1020. The third kappa shape index (κ3) is 5.50. The molecular weight excluding hydrogens is 391 g/mol. The number of alkyl halides is 3. The summed E-state index contributed by atoms with van der Waals surface area (Å²) in [5, 5.41) is 0. The summed E-state index contributed by atoms with van der Waals surface area (Å²) in [6, 6.07) is 20.7. The van der Waals surface area contributed by atoms with Crippen LogP contribution in [0, 0.1) is 0 Å². The summed E-state index contributed by atoms with van der Waals surface area (Å²) in [5.41, 5.74) is 2.51. The number of rotatable bonds is 6. The molecule has 8 heteroatoms. The molecule has 0 aliphatic carbocycles. The maximum atomic E-state index is 12.4. The molecule has 0 fully saturated rings. The summed E-state index contributed by atoms with van der Waals surface area (Å²) >= 11 is 0. The quantitative estimate of drug-likeness (QED) is 0.627. The lowest BCUT2D eigenvalue weighted by atomic mass is 10.1. The maximum Gasteiger partial charge on any atom is 0.573 e. The number of ether oxygens (including phenoxy) is 1. The van der Waals surface area contributed by atoms with Gasteiger partial charge in [-0.25, -0.2) is 8.42 Å². The third-order valence-electron chi connectivity index (χ3n) is 3.82. The molecule has 0 aliphatic rings. The molecule has 0 saturated carbocycles. The Kier molecular flexibility index (Phi) is 5.60. The second kappa shape index (κ2) is 7.93. The van der Waals surface area contributed by atoms with E-state index in [1.807, 2.05) is 42.5 Å². The van der Waals surface area contributed by atoms with Crippen molar-refractivity contribution < 1.29 is 26.3 Å². The van der Waals surface area contributed by atoms with Crippen LogP contribution in [-0.2, 0) is 16.4 Å². The lowest BCUT2D eigenvalue weighted by Gasteiger charge is -2.11. The van der Waals surface area contributed by atoms with Crippen LogP contribution in [0.5, 0.6) is 5.75 Å². The molecule has 3 aromatic carbocycles. The van der Waals surface area contributed by atoms with Crippen molar-refractivity contribution in [3.05, 3.63) is 90.0 Å². The predicted molar refractivity (Wildman–Crippen MR) is 99.6 cm³/mol. The van der Waals surface area contributed by atoms with Crippen molar-refractivity contribution in [3.8, 4) is 5.75 Å². The van der Waals surface area contributed by atoms with Crippen LogP contribution in [-0.4, -0.2) is 14.8 Å². The summed E-state index contributed by atoms with van der Waals surface area (Å²) in [6.45, 7) is 0. The third-order valence-corrected chi connectivity index (χ3v) is 5.22. The van der Waals surface area contributed by atoms with E-state index in [2.05, 4.69) is 9.46 Å². The Morgan fingerprint density at radius 2 is 1.36 bits per heavy atom. The Hall–Kier alpha value is -3.00. The molecule has 4 nitrogen and oxygen atoms in total. The molecule has 146 valence electrons. The van der Waals surface area contributed by atoms with Gasteiger partial charge in [-0.3, -0.25) is 4.72 Å². The number of hydrogen-bond acceptors (Lipinski definition) is 3. The summed E-state index contributed by atoms with van der Waals surface area (Å²) in [7, 11) is -3.93. The highest BCUT2D eigenvalue weighted by Crippen LogP contribution is 2.25. The van der Waals surface area contributed by atoms with Gasteiger partial charge in [0.25, 0.3) is 10.0 Å². The van der Waals surface area contributed by atoms with Crippen molar-refractivity contribution in [3.63, 3.8) is 0 Å². The van der Waals surface area contributed by atoms with E-state index in [1.165, 1.54) is 0 Å². The minimum Gasteiger partial charge on any atom is -0.406 e. The first-order valence-electron chi connectivity index (χ1n) is 8.23. The number of halogens is 3. The predicted octanol–water partition coefficient (Wildman–Crippen LogP) is 4.98. The monoisotopic (exact) mass is 407 g/mol. The molecule has 0 spiro atoms. The summed E-state index contributed by atoms with van der Waals surface area (Å²) in [5.74, 6) is -0.489. The van der Waals surface area contributed by atoms with E-state index in [4.69, 9.17) is 0 Å². The number of benzene rings is 3. The van der Waals surface area contributed by atoms with Gasteiger partial charge in [-0.1, -0.05) is 42.5 Å². The minimum atomic E-state index is -4.83. The Morgan fingerprint density at radius 3 is 1.93 bits per heavy atom. The molecule has 0 atom stereocenters. The molecule has 0 aliphatic heterocycles. The maximum absolute atomic E-state index is 12.4. The van der Waals surface area contributed by atoms with Crippen molar-refractivity contribution in [2.45, 2.75) is 17.7 Å². The fourth-order valence-corrected chi connectivity index (χ4v) is 3.62. The smallest absolute Gasteiger partial charge is 0.406 e. The van der Waals surface area contributed by atoms with E-state index in [0.29, 0.717) is 12.1 Å². The van der Waals surface area contributed by atoms with E-state index in [1.54, 1.807) is 12.1 Å². The summed E-state index contributed by atoms with van der Waals surface area (Å²) < 4.78 is 67.5. The van der Waals surface area contributed by atoms with Gasteiger partial charge in [-0.05, 0) is 53.9 Å². The van der Waals surface area contributed by atoms with Gasteiger partial charge < -0.3 is 4.74 Å². The van der Waals surface area contributed by atoms with Gasteiger partial charge in [0.2, 0.25) is 0 Å². The second-order valence-electron chi connectivity index (χ2n) is 5.98. The van der Waals surface area contributed by atoms with Gasteiger partial charge in [0, 0.05) is 5.69 Å². The van der Waals surface area contributed by atoms with Crippen LogP contribution in [0.4, 0.5) is 18.9 Å². The first kappa shape index (κ1) is 19.8.